The smallest absolute Gasteiger partial charge is 0.306 e. The summed E-state index contributed by atoms with van der Waals surface area (Å²) in [5.41, 5.74) is 0.101. The molecule has 1 aliphatic carbocycles. The number of thioether (sulfide) groups is 1. The fraction of sp³-hybridized carbons (Fsp3) is 0.909. The summed E-state index contributed by atoms with van der Waals surface area (Å²) in [6, 6.07) is 0. The quantitative estimate of drug-likeness (QED) is 0.708. The Balaban J connectivity index is 1.77. The molecule has 1 atom stereocenters. The predicted molar refractivity (Wildman–Crippen MR) is 67.8 cm³/mol. The minimum Gasteiger partial charge on any atom is -0.469 e. The van der Waals surface area contributed by atoms with E-state index in [4.69, 9.17) is 0 Å². The highest BCUT2D eigenvalue weighted by Crippen LogP contribution is 2.52. The summed E-state index contributed by atoms with van der Waals surface area (Å²) < 4.78 is 27.3. The molecule has 2 rings (SSSR count). The van der Waals surface area contributed by atoms with E-state index >= 15 is 0 Å². The molecule has 0 aromatic heterocycles. The molecule has 0 bridgehead atoms. The third kappa shape index (κ3) is 3.61. The van der Waals surface area contributed by atoms with Crippen LogP contribution in [0.2, 0.25) is 0 Å². The SMILES string of the molecule is COC(=O)CC1(CSC2CCS(=O)(=O)C2)CC1. The monoisotopic (exact) mass is 278 g/mol. The summed E-state index contributed by atoms with van der Waals surface area (Å²) in [6.45, 7) is 0. The van der Waals surface area contributed by atoms with Gasteiger partial charge < -0.3 is 4.74 Å². The van der Waals surface area contributed by atoms with E-state index in [2.05, 4.69) is 4.74 Å². The first-order chi connectivity index (χ1) is 7.95. The normalized spacial score (nSPS) is 28.9. The summed E-state index contributed by atoms with van der Waals surface area (Å²) >= 11 is 1.72. The van der Waals surface area contributed by atoms with E-state index in [0.29, 0.717) is 17.9 Å². The second kappa shape index (κ2) is 4.80. The Morgan fingerprint density at radius 3 is 2.65 bits per heavy atom. The highest BCUT2D eigenvalue weighted by atomic mass is 32.2. The fourth-order valence-electron chi connectivity index (χ4n) is 2.11. The predicted octanol–water partition coefficient (Wildman–Crippen LogP) is 1.25. The summed E-state index contributed by atoms with van der Waals surface area (Å²) in [7, 11) is -1.37. The topological polar surface area (TPSA) is 60.4 Å². The number of hydrogen-bond acceptors (Lipinski definition) is 5. The summed E-state index contributed by atoms with van der Waals surface area (Å²) in [4.78, 5) is 11.2. The average Bonchev–Trinajstić information content (AvgIpc) is 2.94. The lowest BCUT2D eigenvalue weighted by Gasteiger charge is -2.15. The number of ether oxygens (including phenoxy) is 1. The van der Waals surface area contributed by atoms with Gasteiger partial charge in [0.15, 0.2) is 9.84 Å². The van der Waals surface area contributed by atoms with Crippen molar-refractivity contribution in [3.63, 3.8) is 0 Å². The molecule has 0 spiro atoms. The first-order valence-corrected chi connectivity index (χ1v) is 8.71. The Morgan fingerprint density at radius 2 is 2.18 bits per heavy atom. The Kier molecular flexibility index (Phi) is 3.73. The van der Waals surface area contributed by atoms with Crippen molar-refractivity contribution in [3.8, 4) is 0 Å². The zero-order chi connectivity index (χ0) is 12.5. The van der Waals surface area contributed by atoms with Crippen LogP contribution in [0.5, 0.6) is 0 Å². The van der Waals surface area contributed by atoms with Crippen LogP contribution in [0.25, 0.3) is 0 Å². The highest BCUT2D eigenvalue weighted by Gasteiger charge is 2.45. The molecule has 0 amide bonds. The van der Waals surface area contributed by atoms with Crippen molar-refractivity contribution in [2.75, 3.05) is 24.4 Å². The van der Waals surface area contributed by atoms with Gasteiger partial charge in [-0.3, -0.25) is 4.79 Å². The van der Waals surface area contributed by atoms with Crippen molar-refractivity contribution < 1.29 is 17.9 Å². The van der Waals surface area contributed by atoms with E-state index in [-0.39, 0.29) is 16.6 Å². The molecule has 1 saturated heterocycles. The molecule has 2 fully saturated rings. The number of rotatable bonds is 5. The maximum Gasteiger partial charge on any atom is 0.306 e. The van der Waals surface area contributed by atoms with Crippen molar-refractivity contribution >= 4 is 27.6 Å². The van der Waals surface area contributed by atoms with Gasteiger partial charge in [-0.2, -0.15) is 11.8 Å². The van der Waals surface area contributed by atoms with Gasteiger partial charge in [0.1, 0.15) is 0 Å². The molecular weight excluding hydrogens is 260 g/mol. The van der Waals surface area contributed by atoms with Gasteiger partial charge in [-0.05, 0) is 30.4 Å². The highest BCUT2D eigenvalue weighted by molar-refractivity contribution is 8.01. The molecule has 1 aliphatic heterocycles. The largest absolute Gasteiger partial charge is 0.469 e. The van der Waals surface area contributed by atoms with E-state index in [9.17, 15) is 13.2 Å². The molecule has 1 saturated carbocycles. The first-order valence-electron chi connectivity index (χ1n) is 5.84. The molecule has 6 heteroatoms. The lowest BCUT2D eigenvalue weighted by atomic mass is 10.1. The van der Waals surface area contributed by atoms with Crippen LogP contribution < -0.4 is 0 Å². The first kappa shape index (κ1) is 13.2. The lowest BCUT2D eigenvalue weighted by molar-refractivity contribution is -0.141. The zero-order valence-electron chi connectivity index (χ0n) is 9.98. The van der Waals surface area contributed by atoms with Crippen LogP contribution in [0.4, 0.5) is 0 Å². The van der Waals surface area contributed by atoms with E-state index in [1.165, 1.54) is 7.11 Å². The Hall–Kier alpha value is -0.230. The maximum absolute atomic E-state index is 11.3. The Morgan fingerprint density at radius 1 is 1.47 bits per heavy atom. The number of methoxy groups -OCH3 is 1. The van der Waals surface area contributed by atoms with Crippen LogP contribution in [-0.4, -0.2) is 44.0 Å². The molecule has 1 heterocycles. The second-order valence-electron chi connectivity index (χ2n) is 5.09. The Bertz CT molecular complexity index is 398. The van der Waals surface area contributed by atoms with Gasteiger partial charge in [-0.25, -0.2) is 8.42 Å². The van der Waals surface area contributed by atoms with Crippen molar-refractivity contribution in [3.05, 3.63) is 0 Å². The molecule has 17 heavy (non-hydrogen) atoms. The molecule has 0 aromatic carbocycles. The Labute approximate surface area is 106 Å². The summed E-state index contributed by atoms with van der Waals surface area (Å²) in [5.74, 6) is 1.38. The standard InChI is InChI=1S/C11H18O4S2/c1-15-10(12)6-11(3-4-11)8-16-9-2-5-17(13,14)7-9/h9H,2-8H2,1H3. The molecule has 1 unspecified atom stereocenters. The zero-order valence-corrected chi connectivity index (χ0v) is 11.6. The molecular formula is C11H18O4S2. The molecule has 4 nitrogen and oxygen atoms in total. The van der Waals surface area contributed by atoms with Crippen LogP contribution in [0.3, 0.4) is 0 Å². The minimum atomic E-state index is -2.78. The van der Waals surface area contributed by atoms with Crippen LogP contribution in [0, 0.1) is 5.41 Å². The van der Waals surface area contributed by atoms with Gasteiger partial charge in [-0.1, -0.05) is 0 Å². The van der Waals surface area contributed by atoms with E-state index in [1.54, 1.807) is 11.8 Å². The van der Waals surface area contributed by atoms with Crippen LogP contribution in [0.1, 0.15) is 25.7 Å². The van der Waals surface area contributed by atoms with Gasteiger partial charge >= 0.3 is 5.97 Å². The number of hydrogen-bond donors (Lipinski definition) is 0. The number of carbonyl (C=O) groups is 1. The number of esters is 1. The van der Waals surface area contributed by atoms with Crippen LogP contribution in [0.15, 0.2) is 0 Å². The van der Waals surface area contributed by atoms with Crippen LogP contribution in [-0.2, 0) is 19.4 Å². The lowest BCUT2D eigenvalue weighted by Crippen LogP contribution is -2.16. The molecule has 0 N–H and O–H groups in total. The van der Waals surface area contributed by atoms with Gasteiger partial charge in [0, 0.05) is 5.25 Å². The van der Waals surface area contributed by atoms with Gasteiger partial charge in [0.05, 0.1) is 25.0 Å². The summed E-state index contributed by atoms with van der Waals surface area (Å²) in [6.07, 6.45) is 3.38. The van der Waals surface area contributed by atoms with Crippen molar-refractivity contribution in [2.45, 2.75) is 30.9 Å². The number of sulfone groups is 1. The van der Waals surface area contributed by atoms with E-state index < -0.39 is 9.84 Å². The average molecular weight is 278 g/mol. The summed E-state index contributed by atoms with van der Waals surface area (Å²) in [5, 5.41) is 0.232. The molecule has 0 aromatic rings. The van der Waals surface area contributed by atoms with Crippen molar-refractivity contribution in [2.24, 2.45) is 5.41 Å². The fourth-order valence-corrected chi connectivity index (χ4v) is 6.08. The van der Waals surface area contributed by atoms with Crippen molar-refractivity contribution in [1.82, 2.24) is 0 Å². The molecule has 0 radical (unpaired) electrons. The third-order valence-electron chi connectivity index (χ3n) is 3.52. The van der Waals surface area contributed by atoms with Gasteiger partial charge in [0.25, 0.3) is 0 Å². The van der Waals surface area contributed by atoms with E-state index in [1.807, 2.05) is 0 Å². The molecule has 98 valence electrons. The van der Waals surface area contributed by atoms with Crippen LogP contribution >= 0.6 is 11.8 Å². The van der Waals surface area contributed by atoms with Gasteiger partial charge in [-0.15, -0.1) is 0 Å². The third-order valence-corrected chi connectivity index (χ3v) is 7.15. The number of carbonyl (C=O) groups excluding carboxylic acids is 1. The minimum absolute atomic E-state index is 0.101. The van der Waals surface area contributed by atoms with Gasteiger partial charge in [0.2, 0.25) is 0 Å². The second-order valence-corrected chi connectivity index (χ2v) is 8.61. The molecule has 2 aliphatic rings. The van der Waals surface area contributed by atoms with E-state index in [0.717, 1.165) is 25.0 Å². The maximum atomic E-state index is 11.3. The van der Waals surface area contributed by atoms with Crippen molar-refractivity contribution in [1.29, 1.82) is 0 Å².